The second-order valence-corrected chi connectivity index (χ2v) is 5.58. The molecule has 116 valence electrons. The van der Waals surface area contributed by atoms with Gasteiger partial charge in [-0.1, -0.05) is 6.07 Å². The van der Waals surface area contributed by atoms with Crippen LogP contribution in [0.5, 0.6) is 0 Å². The monoisotopic (exact) mass is 302 g/mol. The maximum absolute atomic E-state index is 11.9. The molecular formula is C15H18N4O3. The van der Waals surface area contributed by atoms with E-state index < -0.39 is 0 Å². The summed E-state index contributed by atoms with van der Waals surface area (Å²) in [5.74, 6) is 0.0945. The van der Waals surface area contributed by atoms with Crippen LogP contribution in [0.2, 0.25) is 0 Å². The fourth-order valence-corrected chi connectivity index (χ4v) is 2.86. The van der Waals surface area contributed by atoms with Crippen LogP contribution in [0.4, 0.5) is 5.82 Å². The highest BCUT2D eigenvalue weighted by Crippen LogP contribution is 2.25. The molecule has 22 heavy (non-hydrogen) atoms. The zero-order valence-electron chi connectivity index (χ0n) is 12.2. The van der Waals surface area contributed by atoms with Crippen molar-refractivity contribution in [3.63, 3.8) is 0 Å². The number of nitrogens with zero attached hydrogens (tertiary/aromatic N) is 3. The van der Waals surface area contributed by atoms with Crippen LogP contribution >= 0.6 is 0 Å². The predicted molar refractivity (Wildman–Crippen MR) is 79.2 cm³/mol. The summed E-state index contributed by atoms with van der Waals surface area (Å²) in [5.41, 5.74) is 0.834. The van der Waals surface area contributed by atoms with Crippen molar-refractivity contribution in [2.75, 3.05) is 31.1 Å². The first-order valence-corrected chi connectivity index (χ1v) is 7.41. The summed E-state index contributed by atoms with van der Waals surface area (Å²) in [6.45, 7) is 2.90. The van der Waals surface area contributed by atoms with Crippen LogP contribution in [0.15, 0.2) is 18.3 Å². The van der Waals surface area contributed by atoms with Gasteiger partial charge in [-0.15, -0.1) is 0 Å². The number of amides is 3. The lowest BCUT2D eigenvalue weighted by molar-refractivity contribution is -0.134. The van der Waals surface area contributed by atoms with E-state index in [1.807, 2.05) is 12.1 Å². The molecule has 2 fully saturated rings. The number of piperidine rings is 1. The number of carbonyl (C=O) groups is 3. The first-order chi connectivity index (χ1) is 10.7. The van der Waals surface area contributed by atoms with Gasteiger partial charge in [-0.05, 0) is 18.1 Å². The number of aromatic nitrogens is 1. The lowest BCUT2D eigenvalue weighted by Gasteiger charge is -2.33. The minimum Gasteiger partial charge on any atom is -0.353 e. The summed E-state index contributed by atoms with van der Waals surface area (Å²) in [6, 6.07) is 3.80. The van der Waals surface area contributed by atoms with Crippen molar-refractivity contribution >= 4 is 24.0 Å². The molecule has 0 bridgehead atoms. The van der Waals surface area contributed by atoms with E-state index in [0.717, 1.165) is 30.9 Å². The SMILES string of the molecule is O=CN1CCN(c2ccc(C3CCC(=O)NC3=O)cn2)CC1. The van der Waals surface area contributed by atoms with Gasteiger partial charge in [0, 0.05) is 38.8 Å². The Labute approximate surface area is 128 Å². The molecule has 0 aliphatic carbocycles. The van der Waals surface area contributed by atoms with Gasteiger partial charge in [-0.25, -0.2) is 4.98 Å². The Bertz CT molecular complexity index is 579. The Morgan fingerprint density at radius 3 is 2.55 bits per heavy atom. The number of hydrogen-bond acceptors (Lipinski definition) is 5. The normalized spacial score (nSPS) is 22.5. The number of imide groups is 1. The number of anilines is 1. The smallest absolute Gasteiger partial charge is 0.234 e. The quantitative estimate of drug-likeness (QED) is 0.622. The first kappa shape index (κ1) is 14.5. The van der Waals surface area contributed by atoms with Crippen molar-refractivity contribution in [1.29, 1.82) is 0 Å². The second-order valence-electron chi connectivity index (χ2n) is 5.58. The average Bonchev–Trinajstić information content (AvgIpc) is 2.55. The molecule has 3 amide bonds. The molecule has 0 aromatic carbocycles. The van der Waals surface area contributed by atoms with Gasteiger partial charge in [0.1, 0.15) is 5.82 Å². The fourth-order valence-electron chi connectivity index (χ4n) is 2.86. The van der Waals surface area contributed by atoms with Crippen molar-refractivity contribution in [3.8, 4) is 0 Å². The Balaban J connectivity index is 1.67. The lowest BCUT2D eigenvalue weighted by atomic mass is 9.92. The third-order valence-corrected chi connectivity index (χ3v) is 4.20. The minimum atomic E-state index is -0.300. The van der Waals surface area contributed by atoms with E-state index in [0.29, 0.717) is 25.9 Å². The molecule has 0 saturated carbocycles. The predicted octanol–water partition coefficient (Wildman–Crippen LogP) is -0.120. The molecule has 0 spiro atoms. The van der Waals surface area contributed by atoms with Gasteiger partial charge in [-0.3, -0.25) is 19.7 Å². The Morgan fingerprint density at radius 2 is 1.95 bits per heavy atom. The summed E-state index contributed by atoms with van der Waals surface area (Å²) >= 11 is 0. The zero-order chi connectivity index (χ0) is 15.5. The summed E-state index contributed by atoms with van der Waals surface area (Å²) in [6.07, 6.45) is 3.48. The fraction of sp³-hybridized carbons (Fsp3) is 0.467. The highest BCUT2D eigenvalue weighted by molar-refractivity contribution is 6.00. The Hall–Kier alpha value is -2.44. The third kappa shape index (κ3) is 2.93. The van der Waals surface area contributed by atoms with E-state index in [4.69, 9.17) is 0 Å². The molecule has 3 heterocycles. The van der Waals surface area contributed by atoms with Gasteiger partial charge in [0.05, 0.1) is 5.92 Å². The van der Waals surface area contributed by atoms with E-state index in [-0.39, 0.29) is 17.7 Å². The molecule has 3 rings (SSSR count). The van der Waals surface area contributed by atoms with E-state index >= 15 is 0 Å². The molecule has 1 unspecified atom stereocenters. The number of piperazine rings is 1. The maximum Gasteiger partial charge on any atom is 0.234 e. The molecule has 2 aliphatic rings. The van der Waals surface area contributed by atoms with Crippen molar-refractivity contribution in [2.45, 2.75) is 18.8 Å². The van der Waals surface area contributed by atoms with E-state index in [2.05, 4.69) is 15.2 Å². The zero-order valence-corrected chi connectivity index (χ0v) is 12.2. The second kappa shape index (κ2) is 6.13. The summed E-state index contributed by atoms with van der Waals surface area (Å²) in [7, 11) is 0. The number of rotatable bonds is 3. The molecule has 1 N–H and O–H groups in total. The van der Waals surface area contributed by atoms with Gasteiger partial charge in [0.25, 0.3) is 0 Å². The van der Waals surface area contributed by atoms with Gasteiger partial charge in [0.15, 0.2) is 0 Å². The molecular weight excluding hydrogens is 284 g/mol. The van der Waals surface area contributed by atoms with Crippen LogP contribution in [0.1, 0.15) is 24.3 Å². The molecule has 2 aliphatic heterocycles. The highest BCUT2D eigenvalue weighted by atomic mass is 16.2. The minimum absolute atomic E-state index is 0.209. The van der Waals surface area contributed by atoms with Crippen LogP contribution < -0.4 is 10.2 Å². The number of hydrogen-bond donors (Lipinski definition) is 1. The van der Waals surface area contributed by atoms with Gasteiger partial charge < -0.3 is 9.80 Å². The topological polar surface area (TPSA) is 82.6 Å². The third-order valence-electron chi connectivity index (χ3n) is 4.20. The maximum atomic E-state index is 11.9. The molecule has 2 saturated heterocycles. The van der Waals surface area contributed by atoms with Crippen LogP contribution in [-0.4, -0.2) is 54.3 Å². The van der Waals surface area contributed by atoms with Crippen LogP contribution in [0.3, 0.4) is 0 Å². The molecule has 1 aromatic heterocycles. The van der Waals surface area contributed by atoms with Gasteiger partial charge in [0.2, 0.25) is 18.2 Å². The number of pyridine rings is 1. The molecule has 1 atom stereocenters. The van der Waals surface area contributed by atoms with Crippen molar-refractivity contribution in [1.82, 2.24) is 15.2 Å². The molecule has 0 radical (unpaired) electrons. The van der Waals surface area contributed by atoms with Gasteiger partial charge >= 0.3 is 0 Å². The van der Waals surface area contributed by atoms with Crippen molar-refractivity contribution in [3.05, 3.63) is 23.9 Å². The van der Waals surface area contributed by atoms with Crippen molar-refractivity contribution in [2.24, 2.45) is 0 Å². The van der Waals surface area contributed by atoms with Crippen LogP contribution in [-0.2, 0) is 14.4 Å². The lowest BCUT2D eigenvalue weighted by Crippen LogP contribution is -2.46. The van der Waals surface area contributed by atoms with E-state index in [9.17, 15) is 14.4 Å². The Morgan fingerprint density at radius 1 is 1.18 bits per heavy atom. The Kier molecular flexibility index (Phi) is 4.04. The van der Waals surface area contributed by atoms with Crippen molar-refractivity contribution < 1.29 is 14.4 Å². The van der Waals surface area contributed by atoms with Crippen LogP contribution in [0.25, 0.3) is 0 Å². The summed E-state index contributed by atoms with van der Waals surface area (Å²) < 4.78 is 0. The molecule has 7 nitrogen and oxygen atoms in total. The largest absolute Gasteiger partial charge is 0.353 e. The van der Waals surface area contributed by atoms with Crippen LogP contribution in [0, 0.1) is 0 Å². The number of carbonyl (C=O) groups excluding carboxylic acids is 3. The highest BCUT2D eigenvalue weighted by Gasteiger charge is 2.28. The first-order valence-electron chi connectivity index (χ1n) is 7.41. The standard InChI is InChI=1S/C15H18N4O3/c20-10-18-5-7-19(8-6-18)13-3-1-11(9-16-13)12-2-4-14(21)17-15(12)22/h1,3,9-10,12H,2,4-8H2,(H,17,21,22). The van der Waals surface area contributed by atoms with E-state index in [1.54, 1.807) is 11.1 Å². The molecule has 1 aromatic rings. The van der Waals surface area contributed by atoms with Gasteiger partial charge in [-0.2, -0.15) is 0 Å². The van der Waals surface area contributed by atoms with E-state index in [1.165, 1.54) is 0 Å². The molecule has 7 heteroatoms. The summed E-state index contributed by atoms with van der Waals surface area (Å²) in [4.78, 5) is 42.0. The summed E-state index contributed by atoms with van der Waals surface area (Å²) in [5, 5.41) is 2.36. The number of nitrogens with one attached hydrogen (secondary N) is 1. The average molecular weight is 302 g/mol.